The highest BCUT2D eigenvalue weighted by molar-refractivity contribution is 5.87. The van der Waals surface area contributed by atoms with Crippen molar-refractivity contribution in [2.45, 2.75) is 32.4 Å². The van der Waals surface area contributed by atoms with Gasteiger partial charge in [0.15, 0.2) is 0 Å². The Hall–Kier alpha value is -2.13. The molecule has 110 valence electrons. The van der Waals surface area contributed by atoms with Crippen LogP contribution in [0.4, 0.5) is 0 Å². The number of carboxylic acid groups (broad SMARTS) is 1. The molecule has 0 unspecified atom stereocenters. The first-order chi connectivity index (χ1) is 10.1. The Bertz CT molecular complexity index is 578. The predicted octanol–water partition coefficient (Wildman–Crippen LogP) is 3.67. The third-order valence-corrected chi connectivity index (χ3v) is 3.90. The highest BCUT2D eigenvalue weighted by atomic mass is 16.4. The van der Waals surface area contributed by atoms with E-state index in [4.69, 9.17) is 5.11 Å². The van der Waals surface area contributed by atoms with Crippen molar-refractivity contribution in [2.75, 3.05) is 0 Å². The molecule has 0 aliphatic rings. The molecule has 0 bridgehead atoms. The lowest BCUT2D eigenvalue weighted by atomic mass is 9.94. The molecule has 0 aliphatic carbocycles. The topological polar surface area (TPSA) is 49.3 Å². The highest BCUT2D eigenvalue weighted by Crippen LogP contribution is 2.18. The number of hydrogen-bond donors (Lipinski definition) is 2. The molecule has 2 atom stereocenters. The van der Waals surface area contributed by atoms with Crippen LogP contribution < -0.4 is 5.32 Å². The summed E-state index contributed by atoms with van der Waals surface area (Å²) in [6, 6.07) is 17.8. The second kappa shape index (κ2) is 7.04. The van der Waals surface area contributed by atoms with E-state index in [1.165, 1.54) is 5.56 Å². The summed E-state index contributed by atoms with van der Waals surface area (Å²) < 4.78 is 0. The zero-order valence-electron chi connectivity index (χ0n) is 12.4. The van der Waals surface area contributed by atoms with Crippen LogP contribution >= 0.6 is 0 Å². The standard InChI is InChI=1S/C18H21NO2/c1-13(16-6-4-3-5-7-16)14(2)19-12-15-8-10-17(11-9-15)18(20)21/h3-11,13-14,19H,12H2,1-2H3,(H,20,21)/t13-,14-/m0/s1. The van der Waals surface area contributed by atoms with E-state index in [9.17, 15) is 4.79 Å². The maximum atomic E-state index is 10.8. The number of carbonyl (C=O) groups is 1. The van der Waals surface area contributed by atoms with Gasteiger partial charge in [-0.05, 0) is 36.1 Å². The lowest BCUT2D eigenvalue weighted by Crippen LogP contribution is -2.30. The van der Waals surface area contributed by atoms with Crippen LogP contribution in [0.25, 0.3) is 0 Å². The van der Waals surface area contributed by atoms with Gasteiger partial charge >= 0.3 is 5.97 Å². The Morgan fingerprint density at radius 1 is 1.05 bits per heavy atom. The van der Waals surface area contributed by atoms with Gasteiger partial charge in [0, 0.05) is 12.6 Å². The molecule has 0 heterocycles. The fourth-order valence-corrected chi connectivity index (χ4v) is 2.27. The Balaban J connectivity index is 1.91. The first kappa shape index (κ1) is 15.3. The van der Waals surface area contributed by atoms with Crippen LogP contribution in [0, 0.1) is 0 Å². The molecule has 0 saturated carbocycles. The fraction of sp³-hybridized carbons (Fsp3) is 0.278. The number of aromatic carboxylic acids is 1. The SMILES string of the molecule is C[C@H](NCc1ccc(C(=O)O)cc1)[C@H](C)c1ccccc1. The van der Waals surface area contributed by atoms with E-state index in [0.717, 1.165) is 12.1 Å². The summed E-state index contributed by atoms with van der Waals surface area (Å²) in [7, 11) is 0. The van der Waals surface area contributed by atoms with Gasteiger partial charge in [-0.2, -0.15) is 0 Å². The number of nitrogens with one attached hydrogen (secondary N) is 1. The lowest BCUT2D eigenvalue weighted by molar-refractivity contribution is 0.0697. The number of hydrogen-bond acceptors (Lipinski definition) is 2. The summed E-state index contributed by atoms with van der Waals surface area (Å²) in [6.45, 7) is 5.11. The molecule has 0 radical (unpaired) electrons. The molecular formula is C18H21NO2. The largest absolute Gasteiger partial charge is 0.478 e. The van der Waals surface area contributed by atoms with Gasteiger partial charge in [0.05, 0.1) is 5.56 Å². The predicted molar refractivity (Wildman–Crippen MR) is 84.6 cm³/mol. The van der Waals surface area contributed by atoms with Gasteiger partial charge in [-0.15, -0.1) is 0 Å². The van der Waals surface area contributed by atoms with E-state index in [0.29, 0.717) is 17.5 Å². The van der Waals surface area contributed by atoms with Crippen molar-refractivity contribution < 1.29 is 9.90 Å². The molecule has 3 nitrogen and oxygen atoms in total. The third kappa shape index (κ3) is 4.17. The highest BCUT2D eigenvalue weighted by Gasteiger charge is 2.13. The van der Waals surface area contributed by atoms with E-state index in [2.05, 4.69) is 43.4 Å². The molecule has 2 rings (SSSR count). The van der Waals surface area contributed by atoms with E-state index in [1.54, 1.807) is 12.1 Å². The first-order valence-corrected chi connectivity index (χ1v) is 7.18. The monoisotopic (exact) mass is 283 g/mol. The van der Waals surface area contributed by atoms with Crippen molar-refractivity contribution in [3.05, 3.63) is 71.3 Å². The number of rotatable bonds is 6. The van der Waals surface area contributed by atoms with Crippen molar-refractivity contribution >= 4 is 5.97 Å². The van der Waals surface area contributed by atoms with Crippen molar-refractivity contribution in [3.63, 3.8) is 0 Å². The van der Waals surface area contributed by atoms with Crippen LogP contribution in [-0.4, -0.2) is 17.1 Å². The Morgan fingerprint density at radius 2 is 1.67 bits per heavy atom. The van der Waals surface area contributed by atoms with Crippen LogP contribution in [0.1, 0.15) is 41.3 Å². The Morgan fingerprint density at radius 3 is 2.24 bits per heavy atom. The minimum Gasteiger partial charge on any atom is -0.478 e. The summed E-state index contributed by atoms with van der Waals surface area (Å²) in [6.07, 6.45) is 0. The summed E-state index contributed by atoms with van der Waals surface area (Å²) in [5, 5.41) is 12.4. The molecule has 0 spiro atoms. The molecule has 2 aromatic carbocycles. The van der Waals surface area contributed by atoms with E-state index in [1.807, 2.05) is 18.2 Å². The summed E-state index contributed by atoms with van der Waals surface area (Å²) in [5.74, 6) is -0.468. The average molecular weight is 283 g/mol. The van der Waals surface area contributed by atoms with Crippen molar-refractivity contribution in [2.24, 2.45) is 0 Å². The molecule has 0 saturated heterocycles. The van der Waals surface area contributed by atoms with E-state index in [-0.39, 0.29) is 0 Å². The number of benzene rings is 2. The molecular weight excluding hydrogens is 262 g/mol. The molecule has 0 aliphatic heterocycles. The molecule has 0 fully saturated rings. The van der Waals surface area contributed by atoms with Crippen molar-refractivity contribution in [1.82, 2.24) is 5.32 Å². The van der Waals surface area contributed by atoms with Gasteiger partial charge in [-0.3, -0.25) is 0 Å². The third-order valence-electron chi connectivity index (χ3n) is 3.90. The Labute approximate surface area is 125 Å². The van der Waals surface area contributed by atoms with Crippen LogP contribution in [0.15, 0.2) is 54.6 Å². The van der Waals surface area contributed by atoms with Gasteiger partial charge in [0.25, 0.3) is 0 Å². The van der Waals surface area contributed by atoms with Crippen molar-refractivity contribution in [3.8, 4) is 0 Å². The van der Waals surface area contributed by atoms with Crippen LogP contribution in [0.2, 0.25) is 0 Å². The fourth-order valence-electron chi connectivity index (χ4n) is 2.27. The van der Waals surface area contributed by atoms with Gasteiger partial charge in [0.2, 0.25) is 0 Å². The van der Waals surface area contributed by atoms with Crippen LogP contribution in [0.3, 0.4) is 0 Å². The molecule has 2 N–H and O–H groups in total. The van der Waals surface area contributed by atoms with Crippen molar-refractivity contribution in [1.29, 1.82) is 0 Å². The summed E-state index contributed by atoms with van der Waals surface area (Å²) in [5.41, 5.74) is 2.73. The smallest absolute Gasteiger partial charge is 0.335 e. The maximum Gasteiger partial charge on any atom is 0.335 e. The average Bonchev–Trinajstić information content (AvgIpc) is 2.53. The normalized spacial score (nSPS) is 13.6. The molecule has 0 amide bonds. The molecule has 2 aromatic rings. The number of carboxylic acids is 1. The molecule has 3 heteroatoms. The minimum absolute atomic E-state index is 0.324. The minimum atomic E-state index is -0.888. The second-order valence-corrected chi connectivity index (χ2v) is 5.37. The maximum absolute atomic E-state index is 10.8. The first-order valence-electron chi connectivity index (χ1n) is 7.18. The second-order valence-electron chi connectivity index (χ2n) is 5.37. The van der Waals surface area contributed by atoms with Crippen LogP contribution in [0.5, 0.6) is 0 Å². The molecule has 21 heavy (non-hydrogen) atoms. The van der Waals surface area contributed by atoms with Crippen LogP contribution in [-0.2, 0) is 6.54 Å². The van der Waals surface area contributed by atoms with E-state index >= 15 is 0 Å². The summed E-state index contributed by atoms with van der Waals surface area (Å²) in [4.78, 5) is 10.8. The zero-order chi connectivity index (χ0) is 15.2. The van der Waals surface area contributed by atoms with Gasteiger partial charge < -0.3 is 10.4 Å². The Kier molecular flexibility index (Phi) is 5.12. The van der Waals surface area contributed by atoms with Gasteiger partial charge in [-0.1, -0.05) is 49.4 Å². The van der Waals surface area contributed by atoms with E-state index < -0.39 is 5.97 Å². The zero-order valence-corrected chi connectivity index (χ0v) is 12.4. The quantitative estimate of drug-likeness (QED) is 0.850. The lowest BCUT2D eigenvalue weighted by Gasteiger charge is -2.22. The molecule has 0 aromatic heterocycles. The van der Waals surface area contributed by atoms with Gasteiger partial charge in [-0.25, -0.2) is 4.79 Å². The summed E-state index contributed by atoms with van der Waals surface area (Å²) >= 11 is 0. The van der Waals surface area contributed by atoms with Gasteiger partial charge in [0.1, 0.15) is 0 Å².